The Morgan fingerprint density at radius 2 is 1.93 bits per heavy atom. The Hall–Kier alpha value is -2.89. The molecule has 3 rings (SSSR count). The van der Waals surface area contributed by atoms with E-state index in [-0.39, 0.29) is 12.5 Å². The van der Waals surface area contributed by atoms with Crippen LogP contribution in [0.4, 0.5) is 5.82 Å². The lowest BCUT2D eigenvalue weighted by atomic mass is 10.1. The molecule has 156 valence electrons. The molecule has 2 aromatic rings. The number of aromatic nitrogens is 1. The number of carbonyl (C=O) groups excluding carboxylic acids is 1. The van der Waals surface area contributed by atoms with E-state index in [1.165, 1.54) is 16.0 Å². The number of hydrogen-bond acceptors (Lipinski definition) is 4. The fraction of sp³-hybridized carbons (Fsp3) is 0.435. The van der Waals surface area contributed by atoms with Crippen molar-refractivity contribution >= 4 is 17.7 Å². The number of pyridine rings is 1. The van der Waals surface area contributed by atoms with Gasteiger partial charge in [0.2, 0.25) is 5.91 Å². The van der Waals surface area contributed by atoms with Gasteiger partial charge in [-0.3, -0.25) is 9.59 Å². The summed E-state index contributed by atoms with van der Waals surface area (Å²) in [6.07, 6.45) is 3.97. The minimum Gasteiger partial charge on any atom is -0.480 e. The van der Waals surface area contributed by atoms with Gasteiger partial charge in [0.05, 0.1) is 0 Å². The number of amides is 1. The van der Waals surface area contributed by atoms with E-state index < -0.39 is 5.97 Å². The standard InChI is InChI=1S/C16H23N3O3.C7H8/c1-2-19(11-15(21)22)14(20)7-3-6-13-9-8-12-5-4-10-17-16(12)18-13;1-7-5-3-2-4-6-7/h8-9H,2-7,10-11H2,1H3,(H,17,18)(H,21,22);2-6H,1H3. The molecule has 2 heterocycles. The van der Waals surface area contributed by atoms with Gasteiger partial charge in [0.15, 0.2) is 0 Å². The van der Waals surface area contributed by atoms with E-state index in [1.54, 1.807) is 6.92 Å². The number of benzene rings is 1. The first-order chi connectivity index (χ1) is 14.0. The number of fused-ring (bicyclic) bond motifs is 1. The molecule has 1 amide bonds. The summed E-state index contributed by atoms with van der Waals surface area (Å²) in [5.41, 5.74) is 3.55. The topological polar surface area (TPSA) is 82.5 Å². The van der Waals surface area contributed by atoms with E-state index >= 15 is 0 Å². The van der Waals surface area contributed by atoms with Gasteiger partial charge in [-0.25, -0.2) is 4.98 Å². The molecular weight excluding hydrogens is 366 g/mol. The minimum atomic E-state index is -0.974. The van der Waals surface area contributed by atoms with Crippen molar-refractivity contribution in [3.8, 4) is 0 Å². The van der Waals surface area contributed by atoms with Gasteiger partial charge < -0.3 is 15.3 Å². The van der Waals surface area contributed by atoms with Crippen molar-refractivity contribution in [3.05, 3.63) is 59.3 Å². The average molecular weight is 398 g/mol. The summed E-state index contributed by atoms with van der Waals surface area (Å²) >= 11 is 0. The van der Waals surface area contributed by atoms with E-state index in [0.717, 1.165) is 37.3 Å². The van der Waals surface area contributed by atoms with E-state index in [9.17, 15) is 9.59 Å². The summed E-state index contributed by atoms with van der Waals surface area (Å²) in [6, 6.07) is 14.4. The summed E-state index contributed by atoms with van der Waals surface area (Å²) in [7, 11) is 0. The lowest BCUT2D eigenvalue weighted by molar-refractivity contribution is -0.144. The number of nitrogens with one attached hydrogen (secondary N) is 1. The molecule has 0 unspecified atom stereocenters. The molecule has 0 aliphatic carbocycles. The number of anilines is 1. The van der Waals surface area contributed by atoms with Crippen molar-refractivity contribution in [2.24, 2.45) is 0 Å². The van der Waals surface area contributed by atoms with Crippen LogP contribution in [-0.2, 0) is 22.4 Å². The zero-order valence-electron chi connectivity index (χ0n) is 17.4. The molecule has 0 spiro atoms. The first kappa shape index (κ1) is 22.4. The van der Waals surface area contributed by atoms with Gasteiger partial charge in [-0.05, 0) is 51.2 Å². The summed E-state index contributed by atoms with van der Waals surface area (Å²) in [5.74, 6) is -0.116. The highest BCUT2D eigenvalue weighted by Gasteiger charge is 2.15. The lowest BCUT2D eigenvalue weighted by Gasteiger charge is -2.19. The first-order valence-electron chi connectivity index (χ1n) is 10.2. The van der Waals surface area contributed by atoms with Gasteiger partial charge in [0, 0.05) is 25.2 Å². The van der Waals surface area contributed by atoms with Crippen LogP contribution >= 0.6 is 0 Å². The SMILES string of the molecule is CCN(CC(=O)O)C(=O)CCCc1ccc2c(n1)NCCC2.Cc1ccccc1. The molecule has 6 nitrogen and oxygen atoms in total. The second-order valence-corrected chi connectivity index (χ2v) is 7.15. The van der Waals surface area contributed by atoms with Gasteiger partial charge in [-0.2, -0.15) is 0 Å². The number of carboxylic acids is 1. The van der Waals surface area contributed by atoms with E-state index in [1.807, 2.05) is 24.3 Å². The fourth-order valence-electron chi connectivity index (χ4n) is 3.16. The Balaban J connectivity index is 0.000000360. The molecule has 0 saturated carbocycles. The van der Waals surface area contributed by atoms with E-state index in [0.29, 0.717) is 19.4 Å². The number of aryl methyl sites for hydroxylation is 3. The summed E-state index contributed by atoms with van der Waals surface area (Å²) < 4.78 is 0. The van der Waals surface area contributed by atoms with Gasteiger partial charge in [-0.1, -0.05) is 42.0 Å². The summed E-state index contributed by atoms with van der Waals surface area (Å²) in [4.78, 5) is 28.6. The minimum absolute atomic E-state index is 0.110. The second-order valence-electron chi connectivity index (χ2n) is 7.15. The molecule has 1 aromatic carbocycles. The molecule has 0 radical (unpaired) electrons. The van der Waals surface area contributed by atoms with Crippen molar-refractivity contribution in [2.45, 2.75) is 46.0 Å². The second kappa shape index (κ2) is 11.8. The maximum absolute atomic E-state index is 12.0. The van der Waals surface area contributed by atoms with Crippen LogP contribution in [0.15, 0.2) is 42.5 Å². The molecule has 1 aliphatic heterocycles. The number of rotatable bonds is 7. The molecular formula is C23H31N3O3. The van der Waals surface area contributed by atoms with Crippen molar-refractivity contribution < 1.29 is 14.7 Å². The number of aliphatic carboxylic acids is 1. The fourth-order valence-corrected chi connectivity index (χ4v) is 3.16. The molecule has 0 atom stereocenters. The highest BCUT2D eigenvalue weighted by atomic mass is 16.4. The van der Waals surface area contributed by atoms with Crippen LogP contribution in [0.3, 0.4) is 0 Å². The largest absolute Gasteiger partial charge is 0.480 e. The summed E-state index contributed by atoms with van der Waals surface area (Å²) in [6.45, 7) is 5.03. The van der Waals surface area contributed by atoms with Crippen LogP contribution in [0.2, 0.25) is 0 Å². The van der Waals surface area contributed by atoms with Crippen LogP contribution in [0.25, 0.3) is 0 Å². The van der Waals surface area contributed by atoms with Crippen LogP contribution in [0, 0.1) is 6.92 Å². The van der Waals surface area contributed by atoms with Gasteiger partial charge in [-0.15, -0.1) is 0 Å². The Kier molecular flexibility index (Phi) is 9.15. The molecule has 0 fully saturated rings. The zero-order chi connectivity index (χ0) is 21.1. The number of hydrogen-bond donors (Lipinski definition) is 2. The molecule has 29 heavy (non-hydrogen) atoms. The molecule has 0 bridgehead atoms. The normalized spacial score (nSPS) is 12.1. The highest BCUT2D eigenvalue weighted by molar-refractivity contribution is 5.81. The number of nitrogens with zero attached hydrogens (tertiary/aromatic N) is 2. The lowest BCUT2D eigenvalue weighted by Crippen LogP contribution is -2.35. The third-order valence-corrected chi connectivity index (χ3v) is 4.78. The zero-order valence-corrected chi connectivity index (χ0v) is 17.4. The molecule has 2 N–H and O–H groups in total. The number of carbonyl (C=O) groups is 2. The van der Waals surface area contributed by atoms with Crippen molar-refractivity contribution in [1.29, 1.82) is 0 Å². The maximum atomic E-state index is 12.0. The molecule has 1 aliphatic rings. The molecule has 6 heteroatoms. The Labute approximate surface area is 173 Å². The van der Waals surface area contributed by atoms with Crippen molar-refractivity contribution in [1.82, 2.24) is 9.88 Å². The van der Waals surface area contributed by atoms with Crippen molar-refractivity contribution in [3.63, 3.8) is 0 Å². The Bertz CT molecular complexity index is 793. The number of carboxylic acid groups (broad SMARTS) is 1. The Morgan fingerprint density at radius 3 is 2.55 bits per heavy atom. The maximum Gasteiger partial charge on any atom is 0.323 e. The van der Waals surface area contributed by atoms with Crippen LogP contribution in [-0.4, -0.2) is 46.5 Å². The van der Waals surface area contributed by atoms with Crippen LogP contribution < -0.4 is 5.32 Å². The third kappa shape index (κ3) is 7.94. The quantitative estimate of drug-likeness (QED) is 0.745. The Morgan fingerprint density at radius 1 is 1.17 bits per heavy atom. The predicted molar refractivity (Wildman–Crippen MR) is 115 cm³/mol. The van der Waals surface area contributed by atoms with Gasteiger partial charge in [0.25, 0.3) is 0 Å². The van der Waals surface area contributed by atoms with Gasteiger partial charge >= 0.3 is 5.97 Å². The van der Waals surface area contributed by atoms with Gasteiger partial charge in [0.1, 0.15) is 12.4 Å². The molecule has 0 saturated heterocycles. The van der Waals surface area contributed by atoms with Crippen molar-refractivity contribution in [2.75, 3.05) is 25.0 Å². The third-order valence-electron chi connectivity index (χ3n) is 4.78. The molecule has 1 aromatic heterocycles. The van der Waals surface area contributed by atoms with E-state index in [2.05, 4.69) is 35.4 Å². The average Bonchev–Trinajstić information content (AvgIpc) is 2.72. The van der Waals surface area contributed by atoms with Crippen LogP contribution in [0.5, 0.6) is 0 Å². The first-order valence-corrected chi connectivity index (χ1v) is 10.2. The smallest absolute Gasteiger partial charge is 0.323 e. The highest BCUT2D eigenvalue weighted by Crippen LogP contribution is 2.20. The van der Waals surface area contributed by atoms with E-state index in [4.69, 9.17) is 5.11 Å². The van der Waals surface area contributed by atoms with Crippen LogP contribution in [0.1, 0.15) is 43.0 Å². The summed E-state index contributed by atoms with van der Waals surface area (Å²) in [5, 5.41) is 12.1. The monoisotopic (exact) mass is 397 g/mol. The number of likely N-dealkylation sites (N-methyl/N-ethyl adjacent to an activating group) is 1. The predicted octanol–water partition coefficient (Wildman–Crippen LogP) is 3.69.